The second-order valence-corrected chi connectivity index (χ2v) is 4.76. The minimum Gasteiger partial charge on any atom is -0.153 e. The van der Waals surface area contributed by atoms with Gasteiger partial charge in [0.25, 0.3) is 0 Å². The maximum atomic E-state index is 2.34. The molecule has 0 rings (SSSR count). The summed E-state index contributed by atoms with van der Waals surface area (Å²) in [5.41, 5.74) is 0. The average Bonchev–Trinajstić information content (AvgIpc) is 1.61. The maximum Gasteiger partial charge on any atom is -0.0331 e. The number of hydrogen-bond acceptors (Lipinski definition) is 0. The Kier molecular flexibility index (Phi) is 11.4. The quantitative estimate of drug-likeness (QED) is 0.545. The Bertz CT molecular complexity index is 35.5. The van der Waals surface area contributed by atoms with Gasteiger partial charge in [0.15, 0.2) is 0 Å². The topological polar surface area (TPSA) is 0 Å². The second kappa shape index (κ2) is 7.86. The Balaban J connectivity index is 0. The molecule has 0 fully saturated rings. The molecule has 0 N–H and O–H groups in total. The molecule has 0 saturated heterocycles. The average molecular weight is 152 g/mol. The van der Waals surface area contributed by atoms with Crippen molar-refractivity contribution in [2.24, 2.45) is 0 Å². The maximum absolute atomic E-state index is 2.34. The molecule has 0 aliphatic rings. The fourth-order valence-electron chi connectivity index (χ4n) is 0.474. The second-order valence-electron chi connectivity index (χ2n) is 2.16. The van der Waals surface area contributed by atoms with E-state index >= 15 is 0 Å². The Morgan fingerprint density at radius 2 is 1.75 bits per heavy atom. The van der Waals surface area contributed by atoms with Crippen molar-refractivity contribution >= 4 is 17.8 Å². The molecule has 0 radical (unpaired) electrons. The van der Waals surface area contributed by atoms with Gasteiger partial charge in [0.1, 0.15) is 0 Å². The summed E-state index contributed by atoms with van der Waals surface area (Å²) in [6, 6.07) is 0. The van der Waals surface area contributed by atoms with E-state index in [9.17, 15) is 0 Å². The number of unbranched alkanes of at least 4 members (excludes halogenated alkanes) is 1. The first-order valence-corrected chi connectivity index (χ1v) is 5.34. The van der Waals surface area contributed by atoms with E-state index in [-0.39, 0.29) is 9.90 Å². The number of rotatable bonds is 3. The van der Waals surface area contributed by atoms with Crippen molar-refractivity contribution in [2.75, 3.05) is 19.5 Å². The molecule has 0 aromatic carbocycles. The van der Waals surface area contributed by atoms with Gasteiger partial charge in [-0.3, -0.25) is 0 Å². The molecular formula is C6H18P2. The highest BCUT2D eigenvalue weighted by Crippen LogP contribution is 2.25. The molecule has 0 aliphatic carbocycles. The molecule has 0 aliphatic heterocycles. The van der Waals surface area contributed by atoms with Crippen molar-refractivity contribution in [3.8, 4) is 0 Å². The Labute approximate surface area is 57.8 Å². The van der Waals surface area contributed by atoms with Gasteiger partial charge in [0.05, 0.1) is 0 Å². The van der Waals surface area contributed by atoms with Crippen LogP contribution in [0.1, 0.15) is 19.8 Å². The molecule has 8 heavy (non-hydrogen) atoms. The molecule has 0 amide bonds. The smallest absolute Gasteiger partial charge is 0.0331 e. The number of hydrogen-bond donors (Lipinski definition) is 0. The Hall–Kier alpha value is 0.860. The molecule has 0 aromatic heterocycles. The van der Waals surface area contributed by atoms with Crippen LogP contribution in [-0.2, 0) is 0 Å². The molecule has 0 spiro atoms. The van der Waals surface area contributed by atoms with Crippen molar-refractivity contribution in [3.05, 3.63) is 0 Å². The van der Waals surface area contributed by atoms with Crippen LogP contribution >= 0.6 is 17.8 Å². The van der Waals surface area contributed by atoms with Crippen LogP contribution in [-0.4, -0.2) is 19.5 Å². The molecule has 0 heterocycles. The Morgan fingerprint density at radius 3 is 1.88 bits per heavy atom. The fourth-order valence-corrected chi connectivity index (χ4v) is 1.42. The van der Waals surface area contributed by atoms with Gasteiger partial charge in [0, 0.05) is 0 Å². The molecule has 0 aromatic rings. The van der Waals surface area contributed by atoms with E-state index in [1.807, 2.05) is 0 Å². The van der Waals surface area contributed by atoms with E-state index in [4.69, 9.17) is 0 Å². The van der Waals surface area contributed by atoms with Crippen molar-refractivity contribution in [1.29, 1.82) is 0 Å². The third-order valence-corrected chi connectivity index (χ3v) is 2.17. The largest absolute Gasteiger partial charge is 0.153 e. The van der Waals surface area contributed by atoms with Crippen molar-refractivity contribution in [1.82, 2.24) is 0 Å². The van der Waals surface area contributed by atoms with Crippen molar-refractivity contribution in [3.63, 3.8) is 0 Å². The molecule has 2 heteroatoms. The summed E-state index contributed by atoms with van der Waals surface area (Å²) >= 11 is 0. The highest BCUT2D eigenvalue weighted by atomic mass is 31.1. The van der Waals surface area contributed by atoms with E-state index < -0.39 is 0 Å². The minimum atomic E-state index is 0. The summed E-state index contributed by atoms with van der Waals surface area (Å²) in [6.45, 7) is 6.93. The summed E-state index contributed by atoms with van der Waals surface area (Å²) in [6.07, 6.45) is 4.26. The van der Waals surface area contributed by atoms with Crippen LogP contribution < -0.4 is 0 Å². The first-order valence-electron chi connectivity index (χ1n) is 2.92. The third-order valence-electron chi connectivity index (χ3n) is 0.959. The molecule has 0 saturated carbocycles. The van der Waals surface area contributed by atoms with E-state index in [0.29, 0.717) is 7.92 Å². The van der Waals surface area contributed by atoms with Crippen LogP contribution in [0.15, 0.2) is 0 Å². The fraction of sp³-hybridized carbons (Fsp3) is 1.00. The summed E-state index contributed by atoms with van der Waals surface area (Å²) in [5, 5.41) is 0. The molecule has 0 nitrogen and oxygen atoms in total. The SMILES string of the molecule is CCCCP(C)C.P. The van der Waals surface area contributed by atoms with Crippen LogP contribution in [0.25, 0.3) is 0 Å². The van der Waals surface area contributed by atoms with Crippen LogP contribution in [0.2, 0.25) is 0 Å². The lowest BCUT2D eigenvalue weighted by molar-refractivity contribution is 0.892. The van der Waals surface area contributed by atoms with Gasteiger partial charge >= 0.3 is 0 Å². The lowest BCUT2D eigenvalue weighted by Gasteiger charge is -2.00. The zero-order chi connectivity index (χ0) is 5.70. The van der Waals surface area contributed by atoms with Gasteiger partial charge in [-0.25, -0.2) is 0 Å². The molecule has 1 unspecified atom stereocenters. The van der Waals surface area contributed by atoms with Crippen LogP contribution in [0.5, 0.6) is 0 Å². The van der Waals surface area contributed by atoms with Gasteiger partial charge in [0.2, 0.25) is 0 Å². The van der Waals surface area contributed by atoms with E-state index in [2.05, 4.69) is 20.3 Å². The normalized spacial score (nSPS) is 9.00. The first-order chi connectivity index (χ1) is 3.27. The predicted octanol–water partition coefficient (Wildman–Crippen LogP) is 2.59. The predicted molar refractivity (Wildman–Crippen MR) is 49.6 cm³/mol. The lowest BCUT2D eigenvalue weighted by atomic mass is 10.4. The van der Waals surface area contributed by atoms with Crippen LogP contribution in [0.4, 0.5) is 0 Å². The third kappa shape index (κ3) is 9.97. The van der Waals surface area contributed by atoms with E-state index in [0.717, 1.165) is 0 Å². The zero-order valence-electron chi connectivity index (χ0n) is 6.28. The summed E-state index contributed by atoms with van der Waals surface area (Å²) in [7, 11) is 0.394. The molecular weight excluding hydrogens is 134 g/mol. The summed E-state index contributed by atoms with van der Waals surface area (Å²) < 4.78 is 0. The van der Waals surface area contributed by atoms with Crippen molar-refractivity contribution < 1.29 is 0 Å². The highest BCUT2D eigenvalue weighted by Gasteiger charge is 1.87. The standard InChI is InChI=1S/C6H15P.H3P/c1-4-5-6-7(2)3;/h4-6H2,1-3H3;1H3. The van der Waals surface area contributed by atoms with Gasteiger partial charge in [-0.05, 0) is 25.9 Å². The highest BCUT2D eigenvalue weighted by molar-refractivity contribution is 7.55. The van der Waals surface area contributed by atoms with Gasteiger partial charge < -0.3 is 0 Å². The van der Waals surface area contributed by atoms with Crippen molar-refractivity contribution in [2.45, 2.75) is 19.8 Å². The molecule has 0 bridgehead atoms. The summed E-state index contributed by atoms with van der Waals surface area (Å²) in [4.78, 5) is 0. The van der Waals surface area contributed by atoms with E-state index in [1.165, 1.54) is 19.0 Å². The minimum absolute atomic E-state index is 0. The first kappa shape index (κ1) is 11.6. The van der Waals surface area contributed by atoms with Crippen LogP contribution in [0.3, 0.4) is 0 Å². The van der Waals surface area contributed by atoms with Gasteiger partial charge in [-0.15, -0.1) is 7.92 Å². The Morgan fingerprint density at radius 1 is 1.25 bits per heavy atom. The monoisotopic (exact) mass is 152 g/mol. The van der Waals surface area contributed by atoms with Gasteiger partial charge in [-0.2, -0.15) is 9.90 Å². The summed E-state index contributed by atoms with van der Waals surface area (Å²) in [5.74, 6) is 0. The van der Waals surface area contributed by atoms with E-state index in [1.54, 1.807) is 0 Å². The molecule has 1 atom stereocenters. The molecule has 52 valence electrons. The zero-order valence-corrected chi connectivity index (χ0v) is 8.58. The van der Waals surface area contributed by atoms with Gasteiger partial charge in [-0.1, -0.05) is 13.3 Å². The van der Waals surface area contributed by atoms with Crippen LogP contribution in [0, 0.1) is 0 Å². The lowest BCUT2D eigenvalue weighted by Crippen LogP contribution is -1.77.